The van der Waals surface area contributed by atoms with Crippen LogP contribution < -0.4 is 10.6 Å². The van der Waals surface area contributed by atoms with E-state index in [0.29, 0.717) is 19.0 Å². The van der Waals surface area contributed by atoms with Gasteiger partial charge in [0.15, 0.2) is 0 Å². The number of nitriles is 1. The van der Waals surface area contributed by atoms with Crippen molar-refractivity contribution in [3.63, 3.8) is 0 Å². The average Bonchev–Trinajstić information content (AvgIpc) is 2.81. The number of benzene rings is 2. The molecule has 0 fully saturated rings. The number of carbonyl (C=O) groups excluding carboxylic acids is 1. The smallest absolute Gasteiger partial charge is 0.337 e. The molecule has 0 radical (unpaired) electrons. The number of nitrogens with one attached hydrogen (secondary N) is 2. The maximum atomic E-state index is 15.0. The molecule has 2 N–H and O–H groups in total. The third-order valence-electron chi connectivity index (χ3n) is 5.14. The monoisotopic (exact) mass is 603 g/mol. The number of unbranched alkanes of at least 4 members (excludes halogenated alkanes) is 1. The van der Waals surface area contributed by atoms with Gasteiger partial charge in [0, 0.05) is 12.0 Å². The Labute approximate surface area is 228 Å². The minimum absolute atomic E-state index is 0.0817. The molecule has 1 unspecified atom stereocenters. The third-order valence-corrected chi connectivity index (χ3v) is 6.34. The highest BCUT2D eigenvalue weighted by molar-refractivity contribution is 6.48. The topological polar surface area (TPSA) is 64.9 Å². The van der Waals surface area contributed by atoms with Crippen LogP contribution in [0.2, 0.25) is 15.1 Å². The first kappa shape index (κ1) is 31.7. The van der Waals surface area contributed by atoms with Crippen molar-refractivity contribution in [2.24, 2.45) is 0 Å². The zero-order valence-electron chi connectivity index (χ0n) is 19.4. The van der Waals surface area contributed by atoms with Crippen LogP contribution in [0.4, 0.5) is 30.7 Å². The highest BCUT2D eigenvalue weighted by Crippen LogP contribution is 2.42. The molecule has 2 rings (SSSR count). The Morgan fingerprint density at radius 2 is 1.68 bits per heavy atom. The number of rotatable bonds is 9. The first-order valence-electron chi connectivity index (χ1n) is 10.8. The Hall–Kier alpha value is -2.52. The van der Waals surface area contributed by atoms with Gasteiger partial charge in [0.1, 0.15) is 11.7 Å². The van der Waals surface area contributed by atoms with Crippen LogP contribution >= 0.6 is 34.8 Å². The fourth-order valence-electron chi connectivity index (χ4n) is 3.31. The van der Waals surface area contributed by atoms with E-state index in [1.165, 1.54) is 6.92 Å². The summed E-state index contributed by atoms with van der Waals surface area (Å²) in [6.45, 7) is 1.77. The first-order valence-corrected chi connectivity index (χ1v) is 11.9. The predicted molar refractivity (Wildman–Crippen MR) is 131 cm³/mol. The molecule has 0 aliphatic carbocycles. The van der Waals surface area contributed by atoms with Crippen molar-refractivity contribution in [2.45, 2.75) is 44.2 Å². The molecule has 2 atom stereocenters. The van der Waals surface area contributed by atoms with Crippen LogP contribution in [0.3, 0.4) is 0 Å². The SMILES string of the molecule is C[C@H](NCCCC#N)NC(=O)c1ccc(/C(F)=C/C(c2cc(Cl)c(Cl)c(Cl)c2)C(F)(F)F)cc1C(F)(F)F. The van der Waals surface area contributed by atoms with Crippen LogP contribution in [-0.2, 0) is 6.18 Å². The van der Waals surface area contributed by atoms with Gasteiger partial charge in [-0.2, -0.15) is 31.6 Å². The van der Waals surface area contributed by atoms with Crippen molar-refractivity contribution < 1.29 is 35.5 Å². The predicted octanol–water partition coefficient (Wildman–Crippen LogP) is 8.29. The number of allylic oxidation sites excluding steroid dienone is 1. The lowest BCUT2D eigenvalue weighted by Crippen LogP contribution is -2.44. The number of hydrogen-bond donors (Lipinski definition) is 2. The lowest BCUT2D eigenvalue weighted by Gasteiger charge is -2.20. The Morgan fingerprint density at radius 3 is 2.21 bits per heavy atom. The van der Waals surface area contributed by atoms with Gasteiger partial charge >= 0.3 is 12.4 Å². The second-order valence-electron chi connectivity index (χ2n) is 8.00. The molecule has 4 nitrogen and oxygen atoms in total. The molecule has 0 bridgehead atoms. The van der Waals surface area contributed by atoms with E-state index in [4.69, 9.17) is 40.1 Å². The summed E-state index contributed by atoms with van der Waals surface area (Å²) >= 11 is 17.3. The molecule has 0 saturated carbocycles. The second-order valence-corrected chi connectivity index (χ2v) is 9.19. The van der Waals surface area contributed by atoms with Crippen molar-refractivity contribution in [3.05, 3.63) is 73.7 Å². The molecular formula is C24H19Cl3F7N3O. The number of amides is 1. The molecule has 2 aromatic carbocycles. The summed E-state index contributed by atoms with van der Waals surface area (Å²) < 4.78 is 97.4. The largest absolute Gasteiger partial charge is 0.417 e. The van der Waals surface area contributed by atoms with E-state index >= 15 is 0 Å². The number of nitrogens with zero attached hydrogens (tertiary/aromatic N) is 1. The van der Waals surface area contributed by atoms with Crippen LogP contribution in [0.15, 0.2) is 36.4 Å². The standard InChI is InChI=1S/C24H19Cl3F7N3O/c1-12(36-7-3-2-6-35)37-22(38)15-5-4-13(8-17(15)24(32,33)34)20(28)11-16(23(29,30)31)14-9-18(25)21(27)19(26)10-14/h4-5,8-12,16,36H,2-3,7H2,1H3,(H,37,38)/b20-11-/t12-,16?/m1/s1. The van der Waals surface area contributed by atoms with Crippen molar-refractivity contribution >= 4 is 46.5 Å². The van der Waals surface area contributed by atoms with Gasteiger partial charge in [-0.1, -0.05) is 40.9 Å². The van der Waals surface area contributed by atoms with Gasteiger partial charge in [-0.3, -0.25) is 10.1 Å². The molecule has 0 spiro atoms. The molecule has 0 heterocycles. The van der Waals surface area contributed by atoms with Crippen molar-refractivity contribution in [2.75, 3.05) is 6.54 Å². The summed E-state index contributed by atoms with van der Waals surface area (Å²) in [5, 5.41) is 12.7. The van der Waals surface area contributed by atoms with Gasteiger partial charge in [-0.25, -0.2) is 4.39 Å². The lowest BCUT2D eigenvalue weighted by atomic mass is 9.95. The maximum Gasteiger partial charge on any atom is 0.417 e. The van der Waals surface area contributed by atoms with E-state index in [2.05, 4.69) is 10.6 Å². The Balaban J connectivity index is 2.43. The molecule has 0 aromatic heterocycles. The van der Waals surface area contributed by atoms with E-state index in [1.54, 1.807) is 0 Å². The molecule has 0 aliphatic rings. The summed E-state index contributed by atoms with van der Waals surface area (Å²) in [4.78, 5) is 12.5. The zero-order valence-corrected chi connectivity index (χ0v) is 21.6. The Kier molecular flexibility index (Phi) is 10.9. The van der Waals surface area contributed by atoms with E-state index in [0.717, 1.165) is 18.2 Å². The first-order chi connectivity index (χ1) is 17.6. The lowest BCUT2D eigenvalue weighted by molar-refractivity contribution is -0.140. The van der Waals surface area contributed by atoms with Gasteiger partial charge in [0.2, 0.25) is 0 Å². The quantitative estimate of drug-likeness (QED) is 0.131. The third kappa shape index (κ3) is 8.50. The van der Waals surface area contributed by atoms with Crippen LogP contribution in [-0.4, -0.2) is 24.8 Å². The van der Waals surface area contributed by atoms with Crippen molar-refractivity contribution in [1.82, 2.24) is 10.6 Å². The normalized spacial score (nSPS) is 14.1. The van der Waals surface area contributed by atoms with Gasteiger partial charge in [0.25, 0.3) is 5.91 Å². The fraction of sp³-hybridized carbons (Fsp3) is 0.333. The van der Waals surface area contributed by atoms with Gasteiger partial charge in [-0.15, -0.1) is 0 Å². The molecule has 1 amide bonds. The van der Waals surface area contributed by atoms with Gasteiger partial charge in [-0.05, 0) is 55.8 Å². The Morgan fingerprint density at radius 1 is 1.08 bits per heavy atom. The van der Waals surface area contributed by atoms with E-state index < -0.39 is 58.4 Å². The maximum absolute atomic E-state index is 15.0. The summed E-state index contributed by atoms with van der Waals surface area (Å²) in [7, 11) is 0. The molecular weight excluding hydrogens is 586 g/mol. The van der Waals surface area contributed by atoms with Crippen LogP contribution in [0.5, 0.6) is 0 Å². The molecule has 206 valence electrons. The highest BCUT2D eigenvalue weighted by atomic mass is 35.5. The van der Waals surface area contributed by atoms with E-state index in [9.17, 15) is 35.5 Å². The van der Waals surface area contributed by atoms with E-state index in [1.807, 2.05) is 6.07 Å². The number of carbonyl (C=O) groups is 1. The number of hydrogen-bond acceptors (Lipinski definition) is 3. The Bertz CT molecular complexity index is 1220. The number of alkyl halides is 6. The summed E-state index contributed by atoms with van der Waals surface area (Å²) in [5.41, 5.74) is -3.83. The van der Waals surface area contributed by atoms with Gasteiger partial charge in [0.05, 0.1) is 38.4 Å². The van der Waals surface area contributed by atoms with Crippen molar-refractivity contribution in [3.8, 4) is 6.07 Å². The van der Waals surface area contributed by atoms with Crippen LogP contribution in [0, 0.1) is 11.3 Å². The number of halogens is 10. The molecule has 0 saturated heterocycles. The molecule has 0 aliphatic heterocycles. The molecule has 38 heavy (non-hydrogen) atoms. The highest BCUT2D eigenvalue weighted by Gasteiger charge is 2.41. The summed E-state index contributed by atoms with van der Waals surface area (Å²) in [6, 6.07) is 5.24. The van der Waals surface area contributed by atoms with Gasteiger partial charge < -0.3 is 5.32 Å². The van der Waals surface area contributed by atoms with Crippen LogP contribution in [0.25, 0.3) is 5.83 Å². The minimum atomic E-state index is -5.13. The minimum Gasteiger partial charge on any atom is -0.337 e. The van der Waals surface area contributed by atoms with E-state index in [-0.39, 0.29) is 33.6 Å². The average molecular weight is 605 g/mol. The molecule has 2 aromatic rings. The summed E-state index contributed by atoms with van der Waals surface area (Å²) in [6.07, 6.45) is -10.2. The molecule has 14 heteroatoms. The summed E-state index contributed by atoms with van der Waals surface area (Å²) in [5.74, 6) is -5.40. The fourth-order valence-corrected chi connectivity index (χ4v) is 3.93. The van der Waals surface area contributed by atoms with Crippen LogP contribution in [0.1, 0.15) is 52.7 Å². The second kappa shape index (κ2) is 13.0. The zero-order chi connectivity index (χ0) is 28.8. The van der Waals surface area contributed by atoms with Crippen molar-refractivity contribution in [1.29, 1.82) is 5.26 Å².